The van der Waals surface area contributed by atoms with Gasteiger partial charge in [0, 0.05) is 15.6 Å². The maximum Gasteiger partial charge on any atom is 0.131 e. The van der Waals surface area contributed by atoms with E-state index in [0.29, 0.717) is 21.2 Å². The molecule has 0 saturated carbocycles. The molecule has 21 heavy (non-hydrogen) atoms. The minimum absolute atomic E-state index is 0.206. The van der Waals surface area contributed by atoms with Crippen LogP contribution < -0.4 is 5.32 Å². The second-order valence-corrected chi connectivity index (χ2v) is 5.87. The highest BCUT2D eigenvalue weighted by molar-refractivity contribution is 6.33. The van der Waals surface area contributed by atoms with Gasteiger partial charge in [-0.05, 0) is 49.2 Å². The van der Waals surface area contributed by atoms with E-state index < -0.39 is 0 Å². The predicted molar refractivity (Wildman–Crippen MR) is 87.7 cm³/mol. The topological polar surface area (TPSA) is 12.0 Å². The van der Waals surface area contributed by atoms with Crippen LogP contribution in [0.1, 0.15) is 36.1 Å². The van der Waals surface area contributed by atoms with Gasteiger partial charge in [0.1, 0.15) is 5.82 Å². The number of aryl methyl sites for hydroxylation is 1. The Morgan fingerprint density at radius 1 is 1.14 bits per heavy atom. The third kappa shape index (κ3) is 3.76. The summed E-state index contributed by atoms with van der Waals surface area (Å²) in [7, 11) is 0. The van der Waals surface area contributed by atoms with Crippen molar-refractivity contribution < 1.29 is 4.39 Å². The summed E-state index contributed by atoms with van der Waals surface area (Å²) in [5.74, 6) is -0.206. The molecule has 0 aliphatic carbocycles. The first-order chi connectivity index (χ1) is 10.0. The van der Waals surface area contributed by atoms with Crippen molar-refractivity contribution in [3.05, 3.63) is 69.0 Å². The lowest BCUT2D eigenvalue weighted by Gasteiger charge is -2.22. The summed E-state index contributed by atoms with van der Waals surface area (Å²) < 4.78 is 14.5. The summed E-state index contributed by atoms with van der Waals surface area (Å²) in [6.07, 6.45) is 0.947. The normalized spacial score (nSPS) is 12.4. The van der Waals surface area contributed by atoms with E-state index in [4.69, 9.17) is 23.2 Å². The first-order valence-corrected chi connectivity index (χ1v) is 7.73. The van der Waals surface area contributed by atoms with Gasteiger partial charge in [-0.15, -0.1) is 0 Å². The number of hydrogen-bond acceptors (Lipinski definition) is 1. The van der Waals surface area contributed by atoms with Crippen molar-refractivity contribution in [1.82, 2.24) is 5.32 Å². The zero-order valence-electron chi connectivity index (χ0n) is 12.1. The molecule has 0 spiro atoms. The van der Waals surface area contributed by atoms with Gasteiger partial charge in [0.25, 0.3) is 0 Å². The van der Waals surface area contributed by atoms with Gasteiger partial charge >= 0.3 is 0 Å². The molecule has 1 N–H and O–H groups in total. The number of hydrogen-bond donors (Lipinski definition) is 1. The monoisotopic (exact) mass is 325 g/mol. The summed E-state index contributed by atoms with van der Waals surface area (Å²) in [4.78, 5) is 0. The minimum Gasteiger partial charge on any atom is -0.306 e. The quantitative estimate of drug-likeness (QED) is 0.762. The van der Waals surface area contributed by atoms with Crippen LogP contribution in [0.5, 0.6) is 0 Å². The summed E-state index contributed by atoms with van der Waals surface area (Å²) >= 11 is 12.4. The van der Waals surface area contributed by atoms with E-state index in [1.807, 2.05) is 6.07 Å². The highest BCUT2D eigenvalue weighted by atomic mass is 35.5. The van der Waals surface area contributed by atoms with Crippen LogP contribution in [0.25, 0.3) is 0 Å². The summed E-state index contributed by atoms with van der Waals surface area (Å²) in [6, 6.07) is 10.4. The van der Waals surface area contributed by atoms with Crippen molar-refractivity contribution in [3.63, 3.8) is 0 Å². The fourth-order valence-electron chi connectivity index (χ4n) is 2.31. The molecule has 0 amide bonds. The van der Waals surface area contributed by atoms with Crippen LogP contribution in [-0.4, -0.2) is 6.54 Å². The second-order valence-electron chi connectivity index (χ2n) is 5.03. The minimum atomic E-state index is -0.309. The molecular weight excluding hydrogens is 308 g/mol. The Balaban J connectivity index is 2.52. The van der Waals surface area contributed by atoms with Crippen LogP contribution in [0.15, 0.2) is 36.4 Å². The van der Waals surface area contributed by atoms with Crippen LogP contribution in [-0.2, 0) is 0 Å². The van der Waals surface area contributed by atoms with E-state index in [0.717, 1.165) is 18.5 Å². The lowest BCUT2D eigenvalue weighted by molar-refractivity contribution is 0.542. The molecule has 2 rings (SSSR count). The highest BCUT2D eigenvalue weighted by Gasteiger charge is 2.20. The van der Waals surface area contributed by atoms with Gasteiger partial charge in [0.05, 0.1) is 6.04 Å². The molecule has 112 valence electrons. The van der Waals surface area contributed by atoms with Gasteiger partial charge in [0.2, 0.25) is 0 Å². The Morgan fingerprint density at radius 2 is 1.90 bits per heavy atom. The summed E-state index contributed by atoms with van der Waals surface area (Å²) in [5, 5.41) is 4.52. The molecule has 0 aliphatic heterocycles. The molecule has 1 unspecified atom stereocenters. The van der Waals surface area contributed by atoms with Crippen molar-refractivity contribution in [2.75, 3.05) is 6.54 Å². The Kier molecular flexibility index (Phi) is 5.63. The molecule has 1 nitrogen and oxygen atoms in total. The maximum atomic E-state index is 14.5. The fourth-order valence-corrected chi connectivity index (χ4v) is 2.71. The number of halogens is 3. The van der Waals surface area contributed by atoms with Gasteiger partial charge in [0.15, 0.2) is 0 Å². The van der Waals surface area contributed by atoms with Crippen molar-refractivity contribution in [2.24, 2.45) is 0 Å². The third-order valence-corrected chi connectivity index (χ3v) is 3.98. The first-order valence-electron chi connectivity index (χ1n) is 6.98. The van der Waals surface area contributed by atoms with Crippen LogP contribution in [0.3, 0.4) is 0 Å². The third-order valence-electron chi connectivity index (χ3n) is 3.40. The van der Waals surface area contributed by atoms with E-state index in [1.165, 1.54) is 0 Å². The van der Waals surface area contributed by atoms with Gasteiger partial charge in [-0.25, -0.2) is 4.39 Å². The Hall–Kier alpha value is -1.09. The standard InChI is InChI=1S/C17H18Cl2FN/c1-3-9-21-17(13-6-4-5-11(2)16(13)20)14-10-12(18)7-8-15(14)19/h4-8,10,17,21H,3,9H2,1-2H3. The summed E-state index contributed by atoms with van der Waals surface area (Å²) in [5.41, 5.74) is 2.00. The maximum absolute atomic E-state index is 14.5. The lowest BCUT2D eigenvalue weighted by atomic mass is 9.96. The first kappa shape index (κ1) is 16.3. The molecule has 4 heteroatoms. The number of benzene rings is 2. The zero-order chi connectivity index (χ0) is 15.4. The fraction of sp³-hybridized carbons (Fsp3) is 0.294. The molecule has 0 aromatic heterocycles. The molecule has 0 radical (unpaired) electrons. The molecule has 1 atom stereocenters. The van der Waals surface area contributed by atoms with Crippen LogP contribution in [0.4, 0.5) is 4.39 Å². The van der Waals surface area contributed by atoms with Gasteiger partial charge < -0.3 is 5.32 Å². The Morgan fingerprint density at radius 3 is 2.62 bits per heavy atom. The average Bonchev–Trinajstić information content (AvgIpc) is 2.47. The molecular formula is C17H18Cl2FN. The molecule has 0 heterocycles. The molecule has 0 fully saturated rings. The SMILES string of the molecule is CCCNC(c1cc(Cl)ccc1Cl)c1cccc(C)c1F. The average molecular weight is 326 g/mol. The second kappa shape index (κ2) is 7.26. The lowest BCUT2D eigenvalue weighted by Crippen LogP contribution is -2.24. The van der Waals surface area contributed by atoms with Crippen molar-refractivity contribution in [3.8, 4) is 0 Å². The van der Waals surface area contributed by atoms with Crippen molar-refractivity contribution >= 4 is 23.2 Å². The highest BCUT2D eigenvalue weighted by Crippen LogP contribution is 2.32. The van der Waals surface area contributed by atoms with Crippen LogP contribution >= 0.6 is 23.2 Å². The molecule has 0 bridgehead atoms. The largest absolute Gasteiger partial charge is 0.306 e. The van der Waals surface area contributed by atoms with Gasteiger partial charge in [-0.3, -0.25) is 0 Å². The zero-order valence-corrected chi connectivity index (χ0v) is 13.6. The van der Waals surface area contributed by atoms with Crippen LogP contribution in [0, 0.1) is 12.7 Å². The van der Waals surface area contributed by atoms with E-state index in [2.05, 4.69) is 12.2 Å². The number of rotatable bonds is 5. The van der Waals surface area contributed by atoms with E-state index in [-0.39, 0.29) is 11.9 Å². The Bertz CT molecular complexity index is 626. The summed E-state index contributed by atoms with van der Waals surface area (Å²) in [6.45, 7) is 4.59. The van der Waals surface area contributed by atoms with Crippen molar-refractivity contribution in [2.45, 2.75) is 26.3 Å². The van der Waals surface area contributed by atoms with E-state index in [9.17, 15) is 4.39 Å². The van der Waals surface area contributed by atoms with Gasteiger partial charge in [-0.2, -0.15) is 0 Å². The molecule has 2 aromatic rings. The number of nitrogens with one attached hydrogen (secondary N) is 1. The van der Waals surface area contributed by atoms with Gasteiger partial charge in [-0.1, -0.05) is 48.3 Å². The molecule has 2 aromatic carbocycles. The van der Waals surface area contributed by atoms with Crippen molar-refractivity contribution in [1.29, 1.82) is 0 Å². The Labute approximate surface area is 135 Å². The smallest absolute Gasteiger partial charge is 0.131 e. The van der Waals surface area contributed by atoms with E-state index >= 15 is 0 Å². The molecule has 0 saturated heterocycles. The predicted octanol–water partition coefficient (Wildman–Crippen LogP) is 5.53. The molecule has 0 aliphatic rings. The van der Waals surface area contributed by atoms with E-state index in [1.54, 1.807) is 37.3 Å². The van der Waals surface area contributed by atoms with Crippen LogP contribution in [0.2, 0.25) is 10.0 Å².